The van der Waals surface area contributed by atoms with Crippen LogP contribution in [-0.2, 0) is 0 Å². The Morgan fingerprint density at radius 1 is 1.20 bits per heavy atom. The highest BCUT2D eigenvalue weighted by Gasteiger charge is 2.16. The van der Waals surface area contributed by atoms with Crippen LogP contribution in [0.15, 0.2) is 40.1 Å². The average Bonchev–Trinajstić information content (AvgIpc) is 2.46. The smallest absolute Gasteiger partial charge is 0.153 e. The van der Waals surface area contributed by atoms with Crippen LogP contribution >= 0.6 is 11.8 Å². The van der Waals surface area contributed by atoms with Crippen LogP contribution in [0.1, 0.15) is 15.9 Å². The fourth-order valence-corrected chi connectivity index (χ4v) is 2.87. The number of rotatable bonds is 4. The van der Waals surface area contributed by atoms with Crippen LogP contribution in [0.5, 0.6) is 0 Å². The Balaban J connectivity index is 2.51. The van der Waals surface area contributed by atoms with Crippen LogP contribution in [0.3, 0.4) is 0 Å². The van der Waals surface area contributed by atoms with Crippen molar-refractivity contribution in [3.63, 3.8) is 0 Å². The average molecular weight is 293 g/mol. The van der Waals surface area contributed by atoms with E-state index in [0.717, 1.165) is 18.0 Å². The molecule has 0 bridgehead atoms. The van der Waals surface area contributed by atoms with Crippen LogP contribution in [0.25, 0.3) is 0 Å². The summed E-state index contributed by atoms with van der Waals surface area (Å²) >= 11 is 1.15. The molecule has 0 aromatic heterocycles. The predicted octanol–water partition coefficient (Wildman–Crippen LogP) is 4.28. The second-order valence-corrected chi connectivity index (χ2v) is 5.26. The molecule has 0 spiro atoms. The van der Waals surface area contributed by atoms with Gasteiger partial charge in [0.2, 0.25) is 0 Å². The van der Waals surface area contributed by atoms with E-state index in [-0.39, 0.29) is 11.3 Å². The van der Waals surface area contributed by atoms with Gasteiger partial charge in [0.25, 0.3) is 0 Å². The number of hydrogen-bond donors (Lipinski definition) is 1. The molecule has 0 fully saturated rings. The maximum Gasteiger partial charge on any atom is 0.153 e. The predicted molar refractivity (Wildman–Crippen MR) is 76.6 cm³/mol. The van der Waals surface area contributed by atoms with Crippen molar-refractivity contribution in [2.24, 2.45) is 0 Å². The second-order valence-electron chi connectivity index (χ2n) is 4.18. The van der Waals surface area contributed by atoms with Crippen molar-refractivity contribution in [3.8, 4) is 0 Å². The van der Waals surface area contributed by atoms with Crippen molar-refractivity contribution in [3.05, 3.63) is 53.1 Å². The van der Waals surface area contributed by atoms with Gasteiger partial charge in [-0.05, 0) is 19.1 Å². The number of anilines is 1. The van der Waals surface area contributed by atoms with Gasteiger partial charge in [-0.25, -0.2) is 8.78 Å². The summed E-state index contributed by atoms with van der Waals surface area (Å²) in [5, 5.41) is 2.74. The molecule has 0 aliphatic heterocycles. The lowest BCUT2D eigenvalue weighted by Gasteiger charge is -2.13. The third-order valence-corrected chi connectivity index (χ3v) is 4.06. The van der Waals surface area contributed by atoms with E-state index in [0.29, 0.717) is 15.4 Å². The van der Waals surface area contributed by atoms with E-state index in [4.69, 9.17) is 0 Å². The Kier molecular flexibility index (Phi) is 4.39. The Labute approximate surface area is 120 Å². The minimum Gasteiger partial charge on any atom is -0.385 e. The Morgan fingerprint density at radius 3 is 2.55 bits per heavy atom. The van der Waals surface area contributed by atoms with Crippen LogP contribution in [0.4, 0.5) is 14.5 Å². The van der Waals surface area contributed by atoms with Crippen molar-refractivity contribution < 1.29 is 13.6 Å². The molecule has 0 atom stereocenters. The van der Waals surface area contributed by atoms with Crippen LogP contribution in [0, 0.1) is 18.6 Å². The van der Waals surface area contributed by atoms with Crippen molar-refractivity contribution in [1.29, 1.82) is 0 Å². The molecular formula is C15H13F2NOS. The van der Waals surface area contributed by atoms with E-state index in [9.17, 15) is 13.6 Å². The molecule has 2 aromatic carbocycles. The molecule has 0 radical (unpaired) electrons. The first-order chi connectivity index (χ1) is 9.58. The van der Waals surface area contributed by atoms with Gasteiger partial charge in [0, 0.05) is 28.0 Å². The highest BCUT2D eigenvalue weighted by Crippen LogP contribution is 2.38. The molecule has 0 saturated heterocycles. The molecule has 1 N–H and O–H groups in total. The number of carbonyl (C=O) groups is 1. The van der Waals surface area contributed by atoms with Gasteiger partial charge in [-0.2, -0.15) is 0 Å². The van der Waals surface area contributed by atoms with E-state index in [1.165, 1.54) is 13.0 Å². The van der Waals surface area contributed by atoms with Crippen LogP contribution in [-0.4, -0.2) is 13.3 Å². The molecule has 2 rings (SSSR count). The van der Waals surface area contributed by atoms with Gasteiger partial charge in [0.15, 0.2) is 12.1 Å². The topological polar surface area (TPSA) is 29.1 Å². The fourth-order valence-electron chi connectivity index (χ4n) is 1.80. The molecule has 0 aliphatic carbocycles. The van der Waals surface area contributed by atoms with Crippen molar-refractivity contribution in [2.75, 3.05) is 12.4 Å². The van der Waals surface area contributed by atoms with Gasteiger partial charge in [0.1, 0.15) is 5.82 Å². The highest BCUT2D eigenvalue weighted by atomic mass is 32.2. The molecule has 2 nitrogen and oxygen atoms in total. The van der Waals surface area contributed by atoms with Gasteiger partial charge in [-0.15, -0.1) is 0 Å². The fraction of sp³-hybridized carbons (Fsp3) is 0.133. The third-order valence-electron chi connectivity index (χ3n) is 2.93. The largest absolute Gasteiger partial charge is 0.385 e. The zero-order valence-electron chi connectivity index (χ0n) is 11.0. The maximum absolute atomic E-state index is 14.0. The molecule has 5 heteroatoms. The summed E-state index contributed by atoms with van der Waals surface area (Å²) in [6.45, 7) is 1.39. The quantitative estimate of drug-likeness (QED) is 0.853. The highest BCUT2D eigenvalue weighted by molar-refractivity contribution is 7.99. The summed E-state index contributed by atoms with van der Waals surface area (Å²) < 4.78 is 27.7. The van der Waals surface area contributed by atoms with Crippen LogP contribution < -0.4 is 5.32 Å². The summed E-state index contributed by atoms with van der Waals surface area (Å²) in [7, 11) is 1.57. The molecule has 0 aliphatic rings. The summed E-state index contributed by atoms with van der Waals surface area (Å²) in [5.74, 6) is -1.22. The van der Waals surface area contributed by atoms with E-state index >= 15 is 0 Å². The van der Waals surface area contributed by atoms with E-state index < -0.39 is 11.6 Å². The Morgan fingerprint density at radius 2 is 1.90 bits per heavy atom. The minimum atomic E-state index is -0.612. The van der Waals surface area contributed by atoms with Gasteiger partial charge in [0.05, 0.1) is 5.69 Å². The number of aldehydes is 1. The number of hydrogen-bond acceptors (Lipinski definition) is 3. The monoisotopic (exact) mass is 293 g/mol. The summed E-state index contributed by atoms with van der Waals surface area (Å²) in [6, 6.07) is 8.19. The normalized spacial score (nSPS) is 10.4. The molecule has 0 heterocycles. The van der Waals surface area contributed by atoms with E-state index in [1.807, 2.05) is 0 Å². The van der Waals surface area contributed by atoms with Gasteiger partial charge < -0.3 is 5.32 Å². The van der Waals surface area contributed by atoms with E-state index in [2.05, 4.69) is 5.32 Å². The zero-order valence-corrected chi connectivity index (χ0v) is 11.9. The van der Waals surface area contributed by atoms with E-state index in [1.54, 1.807) is 31.3 Å². The Hall–Kier alpha value is -1.88. The molecular weight excluding hydrogens is 280 g/mol. The number of nitrogens with one attached hydrogen (secondary N) is 1. The molecule has 0 unspecified atom stereocenters. The minimum absolute atomic E-state index is 0.0256. The first kappa shape index (κ1) is 14.5. The van der Waals surface area contributed by atoms with Gasteiger partial charge in [-0.3, -0.25) is 4.79 Å². The summed E-state index contributed by atoms with van der Waals surface area (Å²) in [4.78, 5) is 12.0. The lowest BCUT2D eigenvalue weighted by molar-refractivity contribution is 0.112. The van der Waals surface area contributed by atoms with Crippen molar-refractivity contribution in [2.45, 2.75) is 16.7 Å². The van der Waals surface area contributed by atoms with Crippen molar-refractivity contribution >= 4 is 23.7 Å². The summed E-state index contributed by atoms with van der Waals surface area (Å²) in [6.07, 6.45) is 0.724. The molecule has 104 valence electrons. The SMILES string of the molecule is CNc1c(Sc2ccccc2C=O)cc(F)c(C)c1F. The zero-order chi connectivity index (χ0) is 14.7. The number of halogens is 2. The molecule has 0 amide bonds. The molecule has 2 aromatic rings. The van der Waals surface area contributed by atoms with Gasteiger partial charge >= 0.3 is 0 Å². The lowest BCUT2D eigenvalue weighted by Crippen LogP contribution is -2.00. The first-order valence-corrected chi connectivity index (χ1v) is 6.78. The lowest BCUT2D eigenvalue weighted by atomic mass is 10.2. The summed E-state index contributed by atoms with van der Waals surface area (Å²) in [5.41, 5.74) is 0.693. The molecule has 0 saturated carbocycles. The number of carbonyl (C=O) groups excluding carboxylic acids is 1. The van der Waals surface area contributed by atoms with Crippen LogP contribution in [0.2, 0.25) is 0 Å². The van der Waals surface area contributed by atoms with Crippen molar-refractivity contribution in [1.82, 2.24) is 0 Å². The Bertz CT molecular complexity index is 659. The first-order valence-electron chi connectivity index (χ1n) is 5.97. The number of benzene rings is 2. The third kappa shape index (κ3) is 2.67. The standard InChI is InChI=1S/C15H13F2NOS/c1-9-11(16)7-13(15(18-2)14(9)17)20-12-6-4-3-5-10(12)8-19/h3-8,18H,1-2H3. The van der Waals surface area contributed by atoms with Gasteiger partial charge in [-0.1, -0.05) is 30.0 Å². The maximum atomic E-state index is 14.0. The second kappa shape index (κ2) is 6.05. The molecule has 20 heavy (non-hydrogen) atoms.